The van der Waals surface area contributed by atoms with Gasteiger partial charge in [0.25, 0.3) is 5.56 Å². The molecule has 1 N–H and O–H groups in total. The molecule has 0 amide bonds. The quantitative estimate of drug-likeness (QED) is 0.874. The fourth-order valence-electron chi connectivity index (χ4n) is 2.00. The summed E-state index contributed by atoms with van der Waals surface area (Å²) in [6.07, 6.45) is 0. The smallest absolute Gasteiger partial charge is 0.271 e. The Balaban J connectivity index is 2.64. The van der Waals surface area contributed by atoms with Crippen molar-refractivity contribution in [3.63, 3.8) is 0 Å². The van der Waals surface area contributed by atoms with Crippen LogP contribution >= 0.6 is 0 Å². The van der Waals surface area contributed by atoms with Gasteiger partial charge in [-0.2, -0.15) is 9.78 Å². The van der Waals surface area contributed by atoms with Gasteiger partial charge in [0.15, 0.2) is 0 Å². The van der Waals surface area contributed by atoms with Crippen molar-refractivity contribution in [1.29, 1.82) is 0 Å². The third kappa shape index (κ3) is 2.33. The number of nitrogens with zero attached hydrogens (tertiary/aromatic N) is 2. The molecule has 0 unspecified atom stereocenters. The number of hydrogen-bond donors (Lipinski definition) is 1. The molecule has 0 spiro atoms. The lowest BCUT2D eigenvalue weighted by molar-refractivity contribution is 0.279. The van der Waals surface area contributed by atoms with E-state index in [9.17, 15) is 4.79 Å². The summed E-state index contributed by atoms with van der Waals surface area (Å²) in [5.41, 5.74) is 3.93. The summed E-state index contributed by atoms with van der Waals surface area (Å²) in [4.78, 5) is 12.0. The lowest BCUT2D eigenvalue weighted by atomic mass is 10.1. The van der Waals surface area contributed by atoms with Crippen molar-refractivity contribution in [1.82, 2.24) is 9.78 Å². The van der Waals surface area contributed by atoms with Gasteiger partial charge in [0.2, 0.25) is 0 Å². The highest BCUT2D eigenvalue weighted by atomic mass is 16.3. The third-order valence-electron chi connectivity index (χ3n) is 2.84. The number of aryl methyl sites for hydroxylation is 3. The summed E-state index contributed by atoms with van der Waals surface area (Å²) in [6, 6.07) is 7.31. The molecule has 4 heteroatoms. The van der Waals surface area contributed by atoms with Crippen LogP contribution in [-0.4, -0.2) is 14.9 Å². The number of aromatic nitrogens is 2. The second-order valence-electron chi connectivity index (χ2n) is 4.51. The van der Waals surface area contributed by atoms with Crippen LogP contribution in [0.25, 0.3) is 5.69 Å². The van der Waals surface area contributed by atoms with Gasteiger partial charge in [0, 0.05) is 11.6 Å². The number of rotatable bonds is 2. The van der Waals surface area contributed by atoms with Gasteiger partial charge in [-0.3, -0.25) is 4.79 Å². The zero-order chi connectivity index (χ0) is 13.3. The maximum Gasteiger partial charge on any atom is 0.271 e. The zero-order valence-electron chi connectivity index (χ0n) is 10.8. The van der Waals surface area contributed by atoms with Gasteiger partial charge in [0.05, 0.1) is 18.0 Å². The maximum atomic E-state index is 12.0. The van der Waals surface area contributed by atoms with Crippen molar-refractivity contribution < 1.29 is 5.11 Å². The molecule has 94 valence electrons. The molecule has 2 aromatic rings. The first-order valence-corrected chi connectivity index (χ1v) is 5.80. The standard InChI is InChI=1S/C14H16N2O2/c1-9-4-10(2)6-13(5-9)16-14(18)7-12(8-17)11(3)15-16/h4-7,17H,8H2,1-3H3. The van der Waals surface area contributed by atoms with E-state index in [1.54, 1.807) is 6.92 Å². The van der Waals surface area contributed by atoms with E-state index in [-0.39, 0.29) is 12.2 Å². The van der Waals surface area contributed by atoms with Crippen molar-refractivity contribution >= 4 is 0 Å². The third-order valence-corrected chi connectivity index (χ3v) is 2.84. The average Bonchev–Trinajstić information content (AvgIpc) is 2.30. The van der Waals surface area contributed by atoms with E-state index in [2.05, 4.69) is 5.10 Å². The van der Waals surface area contributed by atoms with E-state index in [1.807, 2.05) is 32.0 Å². The minimum Gasteiger partial charge on any atom is -0.392 e. The Bertz CT molecular complexity index is 624. The van der Waals surface area contributed by atoms with Gasteiger partial charge >= 0.3 is 0 Å². The van der Waals surface area contributed by atoms with Crippen LogP contribution in [0.4, 0.5) is 0 Å². The number of hydrogen-bond acceptors (Lipinski definition) is 3. The minimum absolute atomic E-state index is 0.165. The molecule has 0 fully saturated rings. The van der Waals surface area contributed by atoms with E-state index >= 15 is 0 Å². The zero-order valence-corrected chi connectivity index (χ0v) is 10.8. The second kappa shape index (κ2) is 4.74. The SMILES string of the molecule is Cc1cc(C)cc(-n2nc(C)c(CO)cc2=O)c1. The monoisotopic (exact) mass is 244 g/mol. The highest BCUT2D eigenvalue weighted by molar-refractivity contribution is 5.39. The van der Waals surface area contributed by atoms with E-state index in [1.165, 1.54) is 10.7 Å². The first-order valence-electron chi connectivity index (χ1n) is 5.80. The van der Waals surface area contributed by atoms with Crippen LogP contribution in [0, 0.1) is 20.8 Å². The van der Waals surface area contributed by atoms with E-state index in [0.29, 0.717) is 11.3 Å². The maximum absolute atomic E-state index is 12.0. The lowest BCUT2D eigenvalue weighted by Gasteiger charge is -2.09. The molecule has 0 atom stereocenters. The molecule has 18 heavy (non-hydrogen) atoms. The van der Waals surface area contributed by atoms with Gasteiger partial charge in [-0.25, -0.2) is 0 Å². The molecule has 2 rings (SSSR count). The second-order valence-corrected chi connectivity index (χ2v) is 4.51. The largest absolute Gasteiger partial charge is 0.392 e. The summed E-state index contributed by atoms with van der Waals surface area (Å²) in [7, 11) is 0. The Morgan fingerprint density at radius 1 is 1.11 bits per heavy atom. The van der Waals surface area contributed by atoms with E-state index in [4.69, 9.17) is 5.11 Å². The molecule has 0 aliphatic rings. The molecule has 0 aliphatic heterocycles. The molecule has 0 bridgehead atoms. The van der Waals surface area contributed by atoms with Gasteiger partial charge in [-0.15, -0.1) is 0 Å². The minimum atomic E-state index is -0.227. The van der Waals surface area contributed by atoms with Gasteiger partial charge < -0.3 is 5.11 Å². The van der Waals surface area contributed by atoms with Crippen molar-refractivity contribution in [3.8, 4) is 5.69 Å². The molecule has 0 radical (unpaired) electrons. The summed E-state index contributed by atoms with van der Waals surface area (Å²) >= 11 is 0. The van der Waals surface area contributed by atoms with E-state index in [0.717, 1.165) is 16.8 Å². The molecular weight excluding hydrogens is 228 g/mol. The summed E-state index contributed by atoms with van der Waals surface area (Å²) in [5, 5.41) is 13.3. The van der Waals surface area contributed by atoms with Crippen LogP contribution in [0.15, 0.2) is 29.1 Å². The molecule has 1 aromatic carbocycles. The molecular formula is C14H16N2O2. The first kappa shape index (κ1) is 12.5. The fourth-order valence-corrected chi connectivity index (χ4v) is 2.00. The predicted octanol–water partition coefficient (Wildman–Crippen LogP) is 1.65. The molecule has 1 heterocycles. The Labute approximate surface area is 106 Å². The van der Waals surface area contributed by atoms with Crippen LogP contribution < -0.4 is 5.56 Å². The number of benzene rings is 1. The van der Waals surface area contributed by atoms with Crippen LogP contribution in [0.5, 0.6) is 0 Å². The molecule has 0 saturated heterocycles. The Morgan fingerprint density at radius 3 is 2.28 bits per heavy atom. The highest BCUT2D eigenvalue weighted by Gasteiger charge is 2.07. The van der Waals surface area contributed by atoms with Crippen LogP contribution in [-0.2, 0) is 6.61 Å². The summed E-state index contributed by atoms with van der Waals surface area (Å²) in [5.74, 6) is 0. The van der Waals surface area contributed by atoms with Crippen molar-refractivity contribution in [2.24, 2.45) is 0 Å². The molecule has 1 aromatic heterocycles. The number of aliphatic hydroxyl groups is 1. The molecule has 4 nitrogen and oxygen atoms in total. The summed E-state index contributed by atoms with van der Waals surface area (Å²) in [6.45, 7) is 5.58. The average molecular weight is 244 g/mol. The topological polar surface area (TPSA) is 55.1 Å². The Morgan fingerprint density at radius 2 is 1.72 bits per heavy atom. The van der Waals surface area contributed by atoms with Crippen LogP contribution in [0.2, 0.25) is 0 Å². The van der Waals surface area contributed by atoms with Crippen molar-refractivity contribution in [2.75, 3.05) is 0 Å². The van der Waals surface area contributed by atoms with Gasteiger partial charge in [-0.1, -0.05) is 6.07 Å². The van der Waals surface area contributed by atoms with Crippen LogP contribution in [0.3, 0.4) is 0 Å². The predicted molar refractivity (Wildman–Crippen MR) is 70.0 cm³/mol. The Hall–Kier alpha value is -1.94. The van der Waals surface area contributed by atoms with Crippen molar-refractivity contribution in [2.45, 2.75) is 27.4 Å². The molecule has 0 saturated carbocycles. The van der Waals surface area contributed by atoms with Gasteiger partial charge in [-0.05, 0) is 44.0 Å². The summed E-state index contributed by atoms with van der Waals surface area (Å²) < 4.78 is 1.37. The number of aliphatic hydroxyl groups excluding tert-OH is 1. The molecule has 0 aliphatic carbocycles. The fraction of sp³-hybridized carbons (Fsp3) is 0.286. The Kier molecular flexibility index (Phi) is 3.30. The van der Waals surface area contributed by atoms with Crippen molar-refractivity contribution in [3.05, 3.63) is 57.0 Å². The lowest BCUT2D eigenvalue weighted by Crippen LogP contribution is -2.22. The van der Waals surface area contributed by atoms with Gasteiger partial charge in [0.1, 0.15) is 0 Å². The van der Waals surface area contributed by atoms with Crippen LogP contribution in [0.1, 0.15) is 22.4 Å². The first-order chi connectivity index (χ1) is 8.51. The highest BCUT2D eigenvalue weighted by Crippen LogP contribution is 2.12. The normalized spacial score (nSPS) is 10.7. The van der Waals surface area contributed by atoms with E-state index < -0.39 is 0 Å².